The summed E-state index contributed by atoms with van der Waals surface area (Å²) in [6, 6.07) is 23.3. The Morgan fingerprint density at radius 2 is 1.69 bits per heavy atom. The van der Waals surface area contributed by atoms with E-state index in [4.69, 9.17) is 17.0 Å². The molecule has 0 unspecified atom stereocenters. The van der Waals surface area contributed by atoms with Crippen molar-refractivity contribution in [1.82, 2.24) is 5.32 Å². The molecule has 0 bridgehead atoms. The fourth-order valence-electron chi connectivity index (χ4n) is 3.47. The second kappa shape index (κ2) is 10.8. The molecule has 3 aromatic rings. The molecule has 176 valence electrons. The molecule has 1 fully saturated rings. The van der Waals surface area contributed by atoms with Crippen LogP contribution < -0.4 is 20.3 Å². The van der Waals surface area contributed by atoms with E-state index in [0.29, 0.717) is 22.7 Å². The maximum Gasteiger partial charge on any atom is 0.270 e. The van der Waals surface area contributed by atoms with Gasteiger partial charge in [0.15, 0.2) is 11.7 Å². The molecule has 1 heterocycles. The topological polar surface area (TPSA) is 87.7 Å². The van der Waals surface area contributed by atoms with Crippen LogP contribution in [0.5, 0.6) is 5.75 Å². The van der Waals surface area contributed by atoms with Crippen molar-refractivity contribution < 1.29 is 19.1 Å². The summed E-state index contributed by atoms with van der Waals surface area (Å²) in [4.78, 5) is 39.0. The Kier molecular flexibility index (Phi) is 7.32. The third-order valence-electron chi connectivity index (χ3n) is 5.32. The average molecular weight is 486 g/mol. The van der Waals surface area contributed by atoms with Gasteiger partial charge in [-0.1, -0.05) is 49.4 Å². The van der Waals surface area contributed by atoms with Crippen LogP contribution in [0, 0.1) is 0 Å². The van der Waals surface area contributed by atoms with Gasteiger partial charge in [0.25, 0.3) is 17.7 Å². The van der Waals surface area contributed by atoms with Crippen molar-refractivity contribution in [1.29, 1.82) is 0 Å². The standard InChI is InChI=1S/C27H23N3O4S/c1-2-18-8-12-21(13-9-18)30-26(33)23(25(32)29-27(30)35)16-19-10-14-22(15-11-19)34-17-24(31)28-20-6-4-3-5-7-20/h3-16H,2,17H2,1H3,(H,28,31)(H,29,32,35)/b23-16+. The number of nitrogens with zero attached hydrogens (tertiary/aromatic N) is 1. The minimum atomic E-state index is -0.556. The van der Waals surface area contributed by atoms with E-state index in [2.05, 4.69) is 10.6 Å². The van der Waals surface area contributed by atoms with Crippen molar-refractivity contribution in [3.05, 3.63) is 95.6 Å². The highest BCUT2D eigenvalue weighted by Crippen LogP contribution is 2.23. The number of ether oxygens (including phenoxy) is 1. The zero-order valence-electron chi connectivity index (χ0n) is 19.0. The van der Waals surface area contributed by atoms with Gasteiger partial charge < -0.3 is 10.1 Å². The largest absolute Gasteiger partial charge is 0.484 e. The van der Waals surface area contributed by atoms with Crippen LogP contribution in [0.15, 0.2) is 84.4 Å². The molecule has 3 amide bonds. The van der Waals surface area contributed by atoms with E-state index in [1.165, 1.54) is 11.0 Å². The van der Waals surface area contributed by atoms with Crippen LogP contribution in [0.2, 0.25) is 0 Å². The van der Waals surface area contributed by atoms with Gasteiger partial charge in [0.1, 0.15) is 11.3 Å². The van der Waals surface area contributed by atoms with Crippen molar-refractivity contribution in [3.8, 4) is 5.75 Å². The summed E-state index contributed by atoms with van der Waals surface area (Å²) < 4.78 is 5.53. The first kappa shape index (κ1) is 23.8. The maximum atomic E-state index is 13.1. The smallest absolute Gasteiger partial charge is 0.270 e. The number of hydrogen-bond donors (Lipinski definition) is 2. The number of nitrogens with one attached hydrogen (secondary N) is 2. The van der Waals surface area contributed by atoms with Gasteiger partial charge in [0, 0.05) is 5.69 Å². The summed E-state index contributed by atoms with van der Waals surface area (Å²) in [6.45, 7) is 1.89. The molecular formula is C27H23N3O4S. The van der Waals surface area contributed by atoms with Crippen LogP contribution in [-0.2, 0) is 20.8 Å². The lowest BCUT2D eigenvalue weighted by molar-refractivity contribution is -0.122. The Balaban J connectivity index is 1.44. The third-order valence-corrected chi connectivity index (χ3v) is 5.61. The maximum absolute atomic E-state index is 13.1. The molecule has 8 heteroatoms. The van der Waals surface area contributed by atoms with E-state index < -0.39 is 11.8 Å². The number of carbonyl (C=O) groups is 3. The third kappa shape index (κ3) is 5.80. The lowest BCUT2D eigenvalue weighted by Gasteiger charge is -2.29. The summed E-state index contributed by atoms with van der Waals surface area (Å²) >= 11 is 5.25. The average Bonchev–Trinajstić information content (AvgIpc) is 2.87. The molecule has 0 atom stereocenters. The number of benzene rings is 3. The molecule has 4 rings (SSSR count). The van der Waals surface area contributed by atoms with Crippen LogP contribution in [0.3, 0.4) is 0 Å². The minimum absolute atomic E-state index is 0.0333. The first-order chi connectivity index (χ1) is 16.9. The van der Waals surface area contributed by atoms with Crippen molar-refractivity contribution >= 4 is 52.5 Å². The predicted molar refractivity (Wildman–Crippen MR) is 139 cm³/mol. The molecule has 3 aromatic carbocycles. The molecular weight excluding hydrogens is 462 g/mol. The van der Waals surface area contributed by atoms with Crippen LogP contribution in [0.4, 0.5) is 11.4 Å². The lowest BCUT2D eigenvalue weighted by Crippen LogP contribution is -2.54. The van der Waals surface area contributed by atoms with Crippen LogP contribution in [0.1, 0.15) is 18.1 Å². The summed E-state index contributed by atoms with van der Waals surface area (Å²) in [5.41, 5.74) is 2.99. The lowest BCUT2D eigenvalue weighted by atomic mass is 10.1. The van der Waals surface area contributed by atoms with E-state index in [0.717, 1.165) is 12.0 Å². The number of anilines is 2. The monoisotopic (exact) mass is 485 g/mol. The Bertz CT molecular complexity index is 1290. The Labute approximate surface area is 208 Å². The van der Waals surface area contributed by atoms with Gasteiger partial charge in [-0.05, 0) is 72.2 Å². The Morgan fingerprint density at radius 3 is 2.34 bits per heavy atom. The van der Waals surface area contributed by atoms with E-state index in [1.807, 2.05) is 37.3 Å². The summed E-state index contributed by atoms with van der Waals surface area (Å²) in [5.74, 6) is -0.858. The SMILES string of the molecule is CCc1ccc(N2C(=O)/C(=C/c3ccc(OCC(=O)Nc4ccccc4)cc3)C(=O)NC2=S)cc1. The molecule has 0 radical (unpaired) electrons. The molecule has 0 spiro atoms. The summed E-state index contributed by atoms with van der Waals surface area (Å²) in [6.07, 6.45) is 2.37. The van der Waals surface area contributed by atoms with Crippen molar-refractivity contribution in [3.63, 3.8) is 0 Å². The number of hydrogen-bond acceptors (Lipinski definition) is 5. The van der Waals surface area contributed by atoms with Gasteiger partial charge in [0.05, 0.1) is 5.69 Å². The highest BCUT2D eigenvalue weighted by atomic mass is 32.1. The molecule has 0 aliphatic carbocycles. The van der Waals surface area contributed by atoms with Gasteiger partial charge in [-0.25, -0.2) is 0 Å². The molecule has 0 aromatic heterocycles. The van der Waals surface area contributed by atoms with Gasteiger partial charge in [-0.2, -0.15) is 0 Å². The molecule has 1 aliphatic heterocycles. The second-order valence-electron chi connectivity index (χ2n) is 7.75. The number of carbonyl (C=O) groups excluding carboxylic acids is 3. The number of para-hydroxylation sites is 1. The van der Waals surface area contributed by atoms with Gasteiger partial charge in [0.2, 0.25) is 0 Å². The zero-order chi connectivity index (χ0) is 24.8. The molecule has 0 saturated carbocycles. The molecule has 7 nitrogen and oxygen atoms in total. The van der Waals surface area contributed by atoms with Crippen molar-refractivity contribution in [2.24, 2.45) is 0 Å². The van der Waals surface area contributed by atoms with Crippen molar-refractivity contribution in [2.45, 2.75) is 13.3 Å². The Morgan fingerprint density at radius 1 is 1.00 bits per heavy atom. The Hall–Kier alpha value is -4.30. The fraction of sp³-hybridized carbons (Fsp3) is 0.111. The van der Waals surface area contributed by atoms with Crippen molar-refractivity contribution in [2.75, 3.05) is 16.8 Å². The van der Waals surface area contributed by atoms with Gasteiger partial charge in [-0.3, -0.25) is 24.6 Å². The van der Waals surface area contributed by atoms with Gasteiger partial charge >= 0.3 is 0 Å². The van der Waals surface area contributed by atoms with E-state index in [9.17, 15) is 14.4 Å². The highest BCUT2D eigenvalue weighted by molar-refractivity contribution is 7.80. The van der Waals surface area contributed by atoms with Crippen LogP contribution in [-0.4, -0.2) is 29.4 Å². The first-order valence-electron chi connectivity index (χ1n) is 11.0. The van der Waals surface area contributed by atoms with Crippen LogP contribution in [0.25, 0.3) is 6.08 Å². The predicted octanol–water partition coefficient (Wildman–Crippen LogP) is 4.10. The summed E-state index contributed by atoms with van der Waals surface area (Å²) in [7, 11) is 0. The minimum Gasteiger partial charge on any atom is -0.484 e. The fourth-order valence-corrected chi connectivity index (χ4v) is 3.75. The number of aryl methyl sites for hydroxylation is 1. The molecule has 1 aliphatic rings. The zero-order valence-corrected chi connectivity index (χ0v) is 19.8. The molecule has 35 heavy (non-hydrogen) atoms. The van der Waals surface area contributed by atoms with Crippen LogP contribution >= 0.6 is 12.2 Å². The number of thiocarbonyl (C=S) groups is 1. The van der Waals surface area contributed by atoms with E-state index in [-0.39, 0.29) is 23.2 Å². The molecule has 1 saturated heterocycles. The summed E-state index contributed by atoms with van der Waals surface area (Å²) in [5, 5.41) is 5.37. The normalized spacial score (nSPS) is 14.6. The number of rotatable bonds is 7. The molecule has 2 N–H and O–H groups in total. The number of amides is 3. The van der Waals surface area contributed by atoms with Gasteiger partial charge in [-0.15, -0.1) is 0 Å². The highest BCUT2D eigenvalue weighted by Gasteiger charge is 2.34. The van der Waals surface area contributed by atoms with E-state index in [1.54, 1.807) is 48.5 Å². The van der Waals surface area contributed by atoms with E-state index >= 15 is 0 Å². The second-order valence-corrected chi connectivity index (χ2v) is 8.14. The first-order valence-corrected chi connectivity index (χ1v) is 11.4. The quantitative estimate of drug-likeness (QED) is 0.299.